The van der Waals surface area contributed by atoms with Gasteiger partial charge in [-0.3, -0.25) is 4.98 Å². The van der Waals surface area contributed by atoms with Gasteiger partial charge in [-0.2, -0.15) is 0 Å². The fourth-order valence-electron chi connectivity index (χ4n) is 3.15. The van der Waals surface area contributed by atoms with Crippen molar-refractivity contribution in [1.29, 1.82) is 0 Å². The number of rotatable bonds is 3. The Kier molecular flexibility index (Phi) is 4.11. The Balaban J connectivity index is 1.82. The van der Waals surface area contributed by atoms with E-state index < -0.39 is 8.07 Å². The summed E-state index contributed by atoms with van der Waals surface area (Å²) in [6, 6.07) is 12.9. The molecule has 2 heteroatoms. The fraction of sp³-hybridized carbons (Fsp3) is 0.450. The molecule has 1 aromatic heterocycles. The number of benzene rings is 1. The third-order valence-electron chi connectivity index (χ3n) is 4.68. The van der Waals surface area contributed by atoms with Crippen LogP contribution in [0.4, 0.5) is 0 Å². The van der Waals surface area contributed by atoms with Gasteiger partial charge in [-0.05, 0) is 35.6 Å². The molecule has 1 nitrogen and oxygen atoms in total. The summed E-state index contributed by atoms with van der Waals surface area (Å²) in [6.45, 7) is 7.03. The summed E-state index contributed by atoms with van der Waals surface area (Å²) < 4.78 is 8.72. The molecule has 0 atom stereocenters. The molecule has 1 aromatic carbocycles. The van der Waals surface area contributed by atoms with E-state index in [1.54, 1.807) is 0 Å². The molecule has 0 aliphatic heterocycles. The molecule has 2 aromatic rings. The van der Waals surface area contributed by atoms with Crippen molar-refractivity contribution in [3.63, 3.8) is 0 Å². The van der Waals surface area contributed by atoms with E-state index in [2.05, 4.69) is 61.0 Å². The van der Waals surface area contributed by atoms with E-state index in [-0.39, 0.29) is 5.89 Å². The maximum absolute atomic E-state index is 8.72. The van der Waals surface area contributed by atoms with E-state index >= 15 is 0 Å². The van der Waals surface area contributed by atoms with Crippen molar-refractivity contribution in [3.8, 4) is 11.3 Å². The number of hydrogen-bond donors (Lipinski definition) is 0. The van der Waals surface area contributed by atoms with Gasteiger partial charge in [-0.25, -0.2) is 0 Å². The third-order valence-corrected chi connectivity index (χ3v) is 6.70. The first-order valence-corrected chi connectivity index (χ1v) is 12.0. The SMILES string of the molecule is [2H]C1(c2ccc(-c3ccc([Si](C)(C)C)cn3)cc2)CCCCC1. The van der Waals surface area contributed by atoms with Crippen LogP contribution in [-0.2, 0) is 0 Å². The summed E-state index contributed by atoms with van der Waals surface area (Å²) in [5.74, 6) is -0.369. The van der Waals surface area contributed by atoms with E-state index in [4.69, 9.17) is 1.37 Å². The topological polar surface area (TPSA) is 12.9 Å². The van der Waals surface area contributed by atoms with Gasteiger partial charge in [0, 0.05) is 13.1 Å². The van der Waals surface area contributed by atoms with Gasteiger partial charge in [0.05, 0.1) is 13.8 Å². The van der Waals surface area contributed by atoms with E-state index in [1.165, 1.54) is 30.0 Å². The van der Waals surface area contributed by atoms with Gasteiger partial charge < -0.3 is 0 Å². The highest BCUT2D eigenvalue weighted by Crippen LogP contribution is 2.33. The molecule has 22 heavy (non-hydrogen) atoms. The number of hydrogen-bond acceptors (Lipinski definition) is 1. The van der Waals surface area contributed by atoms with Gasteiger partial charge >= 0.3 is 0 Å². The Labute approximate surface area is 137 Å². The van der Waals surface area contributed by atoms with E-state index in [0.717, 1.165) is 24.1 Å². The Morgan fingerprint density at radius 3 is 2.18 bits per heavy atom. The lowest BCUT2D eigenvalue weighted by Crippen LogP contribution is -2.37. The monoisotopic (exact) mass is 310 g/mol. The maximum Gasteiger partial charge on any atom is 0.0796 e. The minimum absolute atomic E-state index is 0.369. The molecule has 0 radical (unpaired) electrons. The predicted molar refractivity (Wildman–Crippen MR) is 98.5 cm³/mol. The van der Waals surface area contributed by atoms with Crippen LogP contribution in [0.3, 0.4) is 0 Å². The van der Waals surface area contributed by atoms with Crippen LogP contribution in [0.1, 0.15) is 44.9 Å². The molecule has 3 rings (SSSR count). The highest BCUT2D eigenvalue weighted by atomic mass is 28.3. The second-order valence-electron chi connectivity index (χ2n) is 7.42. The van der Waals surface area contributed by atoms with Crippen molar-refractivity contribution in [2.75, 3.05) is 0 Å². The Morgan fingerprint density at radius 2 is 1.64 bits per heavy atom. The smallest absolute Gasteiger partial charge is 0.0796 e. The first kappa shape index (κ1) is 14.2. The molecule has 1 saturated carbocycles. The van der Waals surface area contributed by atoms with Gasteiger partial charge in [-0.15, -0.1) is 0 Å². The van der Waals surface area contributed by atoms with E-state index in [9.17, 15) is 0 Å². The highest BCUT2D eigenvalue weighted by Gasteiger charge is 2.17. The zero-order valence-electron chi connectivity index (χ0n) is 15.0. The second kappa shape index (κ2) is 6.37. The lowest BCUT2D eigenvalue weighted by Gasteiger charge is -2.22. The summed E-state index contributed by atoms with van der Waals surface area (Å²) in [5.41, 5.74) is 3.34. The van der Waals surface area contributed by atoms with Crippen LogP contribution in [0.2, 0.25) is 19.6 Å². The molecule has 0 amide bonds. The van der Waals surface area contributed by atoms with Crippen molar-refractivity contribution in [2.24, 2.45) is 0 Å². The minimum atomic E-state index is -1.29. The van der Waals surface area contributed by atoms with Crippen LogP contribution in [-0.4, -0.2) is 13.1 Å². The third kappa shape index (κ3) is 3.49. The normalized spacial score (nSPS) is 18.8. The van der Waals surface area contributed by atoms with Gasteiger partial charge in [0.2, 0.25) is 0 Å². The Bertz CT molecular complexity index is 650. The van der Waals surface area contributed by atoms with Crippen LogP contribution >= 0.6 is 0 Å². The molecule has 0 unspecified atom stereocenters. The van der Waals surface area contributed by atoms with Crippen LogP contribution in [0.15, 0.2) is 42.6 Å². The average molecular weight is 311 g/mol. The highest BCUT2D eigenvalue weighted by molar-refractivity contribution is 6.88. The first-order valence-electron chi connectivity index (χ1n) is 8.96. The molecule has 1 aliphatic carbocycles. The van der Waals surface area contributed by atoms with Gasteiger partial charge in [0.25, 0.3) is 0 Å². The number of pyridine rings is 1. The zero-order valence-corrected chi connectivity index (χ0v) is 15.0. The van der Waals surface area contributed by atoms with Gasteiger partial charge in [0.15, 0.2) is 0 Å². The summed E-state index contributed by atoms with van der Waals surface area (Å²) in [7, 11) is -1.29. The fourth-order valence-corrected chi connectivity index (χ4v) is 4.19. The molecule has 0 saturated heterocycles. The van der Waals surface area contributed by atoms with Crippen LogP contribution in [0, 0.1) is 0 Å². The van der Waals surface area contributed by atoms with E-state index in [0.29, 0.717) is 0 Å². The maximum atomic E-state index is 8.72. The standard InChI is InChI=1S/C20H27NSi/c1-22(2,3)19-13-14-20(21-15-19)18-11-9-17(10-12-18)16-7-5-4-6-8-16/h9-16H,4-8H2,1-3H3/i16D. The number of nitrogens with zero attached hydrogens (tertiary/aromatic N) is 1. The summed E-state index contributed by atoms with van der Waals surface area (Å²) in [5, 5.41) is 1.39. The largest absolute Gasteiger partial charge is 0.256 e. The van der Waals surface area contributed by atoms with Gasteiger partial charge in [0.1, 0.15) is 0 Å². The zero-order chi connectivity index (χ0) is 16.5. The molecule has 116 valence electrons. The van der Waals surface area contributed by atoms with Gasteiger partial charge in [-0.1, -0.05) is 69.2 Å². The molecule has 1 heterocycles. The van der Waals surface area contributed by atoms with Crippen LogP contribution in [0.25, 0.3) is 11.3 Å². The van der Waals surface area contributed by atoms with Crippen molar-refractivity contribution in [3.05, 3.63) is 48.2 Å². The Hall–Kier alpha value is -1.41. The molecular weight excluding hydrogens is 282 g/mol. The quantitative estimate of drug-likeness (QED) is 0.697. The van der Waals surface area contributed by atoms with Crippen LogP contribution in [0.5, 0.6) is 0 Å². The number of aromatic nitrogens is 1. The molecular formula is C20H27NSi. The van der Waals surface area contributed by atoms with Crippen LogP contribution < -0.4 is 5.19 Å². The van der Waals surface area contributed by atoms with Crippen molar-refractivity contribution >= 4 is 13.3 Å². The second-order valence-corrected chi connectivity index (χ2v) is 12.5. The minimum Gasteiger partial charge on any atom is -0.256 e. The predicted octanol–water partition coefficient (Wildman–Crippen LogP) is 5.34. The molecule has 0 spiro atoms. The summed E-state index contributed by atoms with van der Waals surface area (Å²) in [4.78, 5) is 4.66. The Morgan fingerprint density at radius 1 is 0.955 bits per heavy atom. The first-order chi connectivity index (χ1) is 10.9. The summed E-state index contributed by atoms with van der Waals surface area (Å²) in [6.07, 6.45) is 7.69. The molecule has 0 N–H and O–H groups in total. The van der Waals surface area contributed by atoms with Crippen molar-refractivity contribution in [1.82, 2.24) is 4.98 Å². The summed E-state index contributed by atoms with van der Waals surface area (Å²) >= 11 is 0. The molecule has 0 bridgehead atoms. The lowest BCUT2D eigenvalue weighted by atomic mass is 9.84. The van der Waals surface area contributed by atoms with Crippen molar-refractivity contribution in [2.45, 2.75) is 57.6 Å². The van der Waals surface area contributed by atoms with E-state index in [1.807, 2.05) is 6.20 Å². The molecule has 1 fully saturated rings. The lowest BCUT2D eigenvalue weighted by molar-refractivity contribution is 0.443. The average Bonchev–Trinajstić information content (AvgIpc) is 2.55. The van der Waals surface area contributed by atoms with Crippen molar-refractivity contribution < 1.29 is 1.37 Å². The molecule has 1 aliphatic rings.